The number of benzene rings is 2. The van der Waals surface area contributed by atoms with Gasteiger partial charge in [0, 0.05) is 5.69 Å². The first-order valence-electron chi connectivity index (χ1n) is 6.80. The fourth-order valence-electron chi connectivity index (χ4n) is 1.95. The Balaban J connectivity index is 1.84. The molecule has 4 heteroatoms. The standard InChI is InChI=1S/C17H18FNO2/c1-12-5-3-4-6-16(12)21-10-9-17(20)19-15-8-7-14(18)11-13(15)2/h3-8,11H,9-10H2,1-2H3,(H,19,20). The highest BCUT2D eigenvalue weighted by atomic mass is 19.1. The van der Waals surface area contributed by atoms with Crippen molar-refractivity contribution in [3.05, 3.63) is 59.4 Å². The lowest BCUT2D eigenvalue weighted by Crippen LogP contribution is -2.16. The van der Waals surface area contributed by atoms with Crippen molar-refractivity contribution >= 4 is 11.6 Å². The van der Waals surface area contributed by atoms with Gasteiger partial charge in [-0.1, -0.05) is 18.2 Å². The summed E-state index contributed by atoms with van der Waals surface area (Å²) in [7, 11) is 0. The number of halogens is 1. The third-order valence-electron chi connectivity index (χ3n) is 3.14. The summed E-state index contributed by atoms with van der Waals surface area (Å²) in [5.41, 5.74) is 2.35. The van der Waals surface area contributed by atoms with E-state index in [1.54, 1.807) is 13.0 Å². The Labute approximate surface area is 123 Å². The van der Waals surface area contributed by atoms with E-state index in [9.17, 15) is 9.18 Å². The molecule has 2 rings (SSSR count). The first kappa shape index (κ1) is 15.0. The highest BCUT2D eigenvalue weighted by molar-refractivity contribution is 5.91. The van der Waals surface area contributed by atoms with E-state index in [0.29, 0.717) is 17.9 Å². The molecule has 0 aliphatic rings. The van der Waals surface area contributed by atoms with E-state index in [4.69, 9.17) is 4.74 Å². The van der Waals surface area contributed by atoms with Crippen molar-refractivity contribution in [3.8, 4) is 5.75 Å². The number of para-hydroxylation sites is 1. The molecular formula is C17H18FNO2. The fourth-order valence-corrected chi connectivity index (χ4v) is 1.95. The lowest BCUT2D eigenvalue weighted by Gasteiger charge is -2.10. The van der Waals surface area contributed by atoms with Gasteiger partial charge in [-0.05, 0) is 49.2 Å². The second-order valence-corrected chi connectivity index (χ2v) is 4.87. The number of hydrogen-bond donors (Lipinski definition) is 1. The normalized spacial score (nSPS) is 10.2. The van der Waals surface area contributed by atoms with E-state index in [-0.39, 0.29) is 18.1 Å². The first-order valence-corrected chi connectivity index (χ1v) is 6.80. The minimum Gasteiger partial charge on any atom is -0.493 e. The fraction of sp³-hybridized carbons (Fsp3) is 0.235. The van der Waals surface area contributed by atoms with Crippen LogP contribution in [0.2, 0.25) is 0 Å². The second kappa shape index (κ2) is 6.88. The molecular weight excluding hydrogens is 269 g/mol. The zero-order chi connectivity index (χ0) is 15.2. The van der Waals surface area contributed by atoms with Crippen molar-refractivity contribution in [2.75, 3.05) is 11.9 Å². The molecule has 0 fully saturated rings. The number of amides is 1. The number of hydrogen-bond acceptors (Lipinski definition) is 2. The molecule has 0 aromatic heterocycles. The maximum atomic E-state index is 13.0. The van der Waals surface area contributed by atoms with Gasteiger partial charge in [0.05, 0.1) is 13.0 Å². The van der Waals surface area contributed by atoms with Gasteiger partial charge in [-0.25, -0.2) is 4.39 Å². The van der Waals surface area contributed by atoms with Crippen LogP contribution in [0.4, 0.5) is 10.1 Å². The number of nitrogens with one attached hydrogen (secondary N) is 1. The van der Waals surface area contributed by atoms with E-state index in [0.717, 1.165) is 11.3 Å². The molecule has 0 aliphatic heterocycles. The predicted octanol–water partition coefficient (Wildman–Crippen LogP) is 3.85. The number of rotatable bonds is 5. The van der Waals surface area contributed by atoms with Gasteiger partial charge in [0.1, 0.15) is 11.6 Å². The summed E-state index contributed by atoms with van der Waals surface area (Å²) < 4.78 is 18.6. The van der Waals surface area contributed by atoms with Crippen LogP contribution >= 0.6 is 0 Å². The minimum atomic E-state index is -0.312. The maximum absolute atomic E-state index is 13.0. The summed E-state index contributed by atoms with van der Waals surface area (Å²) in [4.78, 5) is 11.8. The van der Waals surface area contributed by atoms with Gasteiger partial charge in [-0.2, -0.15) is 0 Å². The number of ether oxygens (including phenoxy) is 1. The zero-order valence-corrected chi connectivity index (χ0v) is 12.2. The highest BCUT2D eigenvalue weighted by Crippen LogP contribution is 2.17. The summed E-state index contributed by atoms with van der Waals surface area (Å²) in [6.07, 6.45) is 0.241. The highest BCUT2D eigenvalue weighted by Gasteiger charge is 2.06. The predicted molar refractivity (Wildman–Crippen MR) is 81.1 cm³/mol. The molecule has 0 radical (unpaired) electrons. The second-order valence-electron chi connectivity index (χ2n) is 4.87. The van der Waals surface area contributed by atoms with E-state index >= 15 is 0 Å². The van der Waals surface area contributed by atoms with E-state index < -0.39 is 0 Å². The number of carbonyl (C=O) groups excluding carboxylic acids is 1. The van der Waals surface area contributed by atoms with Crippen molar-refractivity contribution < 1.29 is 13.9 Å². The Morgan fingerprint density at radius 1 is 1.14 bits per heavy atom. The van der Waals surface area contributed by atoms with Crippen molar-refractivity contribution in [2.45, 2.75) is 20.3 Å². The molecule has 0 bridgehead atoms. The van der Waals surface area contributed by atoms with Crippen LogP contribution in [0.3, 0.4) is 0 Å². The molecule has 3 nitrogen and oxygen atoms in total. The largest absolute Gasteiger partial charge is 0.493 e. The summed E-state index contributed by atoms with van der Waals surface area (Å²) in [5, 5.41) is 2.75. The maximum Gasteiger partial charge on any atom is 0.227 e. The lowest BCUT2D eigenvalue weighted by atomic mass is 10.2. The van der Waals surface area contributed by atoms with Crippen molar-refractivity contribution in [1.29, 1.82) is 0 Å². The van der Waals surface area contributed by atoms with Crippen LogP contribution in [0.5, 0.6) is 5.75 Å². The molecule has 0 saturated heterocycles. The summed E-state index contributed by atoms with van der Waals surface area (Å²) >= 11 is 0. The average Bonchev–Trinajstić information content (AvgIpc) is 2.44. The topological polar surface area (TPSA) is 38.3 Å². The van der Waals surface area contributed by atoms with Crippen LogP contribution in [0, 0.1) is 19.7 Å². The van der Waals surface area contributed by atoms with Crippen LogP contribution < -0.4 is 10.1 Å². The smallest absolute Gasteiger partial charge is 0.227 e. The van der Waals surface area contributed by atoms with Crippen molar-refractivity contribution in [1.82, 2.24) is 0 Å². The van der Waals surface area contributed by atoms with Gasteiger partial charge in [0.25, 0.3) is 0 Å². The van der Waals surface area contributed by atoms with Gasteiger partial charge >= 0.3 is 0 Å². The third-order valence-corrected chi connectivity index (χ3v) is 3.14. The van der Waals surface area contributed by atoms with Crippen molar-refractivity contribution in [3.63, 3.8) is 0 Å². The van der Waals surface area contributed by atoms with E-state index in [1.165, 1.54) is 12.1 Å². The average molecular weight is 287 g/mol. The molecule has 21 heavy (non-hydrogen) atoms. The van der Waals surface area contributed by atoms with Crippen LogP contribution in [-0.4, -0.2) is 12.5 Å². The molecule has 0 spiro atoms. The first-order chi connectivity index (χ1) is 10.1. The molecule has 2 aromatic rings. The van der Waals surface area contributed by atoms with Crippen LogP contribution in [0.25, 0.3) is 0 Å². The molecule has 110 valence electrons. The molecule has 0 heterocycles. The van der Waals surface area contributed by atoms with Gasteiger partial charge < -0.3 is 10.1 Å². The summed E-state index contributed by atoms with van der Waals surface area (Å²) in [6, 6.07) is 11.9. The van der Waals surface area contributed by atoms with E-state index in [2.05, 4.69) is 5.32 Å². The number of carbonyl (C=O) groups is 1. The monoisotopic (exact) mass is 287 g/mol. The minimum absolute atomic E-state index is 0.154. The quantitative estimate of drug-likeness (QED) is 0.907. The molecule has 0 atom stereocenters. The molecule has 0 saturated carbocycles. The summed E-state index contributed by atoms with van der Waals surface area (Å²) in [6.45, 7) is 4.01. The Hall–Kier alpha value is -2.36. The van der Waals surface area contributed by atoms with Gasteiger partial charge in [0.15, 0.2) is 0 Å². The Morgan fingerprint density at radius 3 is 2.62 bits per heavy atom. The molecule has 0 aliphatic carbocycles. The number of anilines is 1. The van der Waals surface area contributed by atoms with Gasteiger partial charge in [-0.15, -0.1) is 0 Å². The zero-order valence-electron chi connectivity index (χ0n) is 12.2. The Morgan fingerprint density at radius 2 is 1.90 bits per heavy atom. The van der Waals surface area contributed by atoms with Crippen LogP contribution in [0.15, 0.2) is 42.5 Å². The molecule has 2 aromatic carbocycles. The van der Waals surface area contributed by atoms with Crippen molar-refractivity contribution in [2.24, 2.45) is 0 Å². The molecule has 1 amide bonds. The molecule has 1 N–H and O–H groups in total. The third kappa shape index (κ3) is 4.31. The SMILES string of the molecule is Cc1cc(F)ccc1NC(=O)CCOc1ccccc1C. The van der Waals surface area contributed by atoms with E-state index in [1.807, 2.05) is 31.2 Å². The Bertz CT molecular complexity index is 640. The number of aryl methyl sites for hydroxylation is 2. The lowest BCUT2D eigenvalue weighted by molar-refractivity contribution is -0.116. The Kier molecular flexibility index (Phi) is 4.93. The van der Waals surface area contributed by atoms with Gasteiger partial charge in [0.2, 0.25) is 5.91 Å². The van der Waals surface area contributed by atoms with Crippen LogP contribution in [0.1, 0.15) is 17.5 Å². The summed E-state index contributed by atoms with van der Waals surface area (Å²) in [5.74, 6) is 0.315. The van der Waals surface area contributed by atoms with Gasteiger partial charge in [-0.3, -0.25) is 4.79 Å². The molecule has 0 unspecified atom stereocenters. The van der Waals surface area contributed by atoms with Crippen LogP contribution in [-0.2, 0) is 4.79 Å².